The molecule has 18 nitrogen and oxygen atoms in total. The zero-order valence-corrected chi connectivity index (χ0v) is 32.8. The van der Waals surface area contributed by atoms with Crippen molar-refractivity contribution in [3.05, 3.63) is 21.4 Å². The van der Waals surface area contributed by atoms with Crippen LogP contribution in [0.5, 0.6) is 0 Å². The fourth-order valence-corrected chi connectivity index (χ4v) is 8.84. The number of nitrogens with zero attached hydrogens (tertiary/aromatic N) is 10. The highest BCUT2D eigenvalue weighted by Crippen LogP contribution is 2.34. The van der Waals surface area contributed by atoms with E-state index in [-0.39, 0.29) is 47.1 Å². The highest BCUT2D eigenvalue weighted by Gasteiger charge is 2.47. The maximum Gasteiger partial charge on any atom is 0.370 e. The Morgan fingerprint density at radius 2 is 0.870 bits per heavy atom. The Bertz CT molecular complexity index is 1750. The van der Waals surface area contributed by atoms with E-state index in [1.54, 1.807) is 12.5 Å². The highest BCUT2D eigenvalue weighted by molar-refractivity contribution is 7.98. The zero-order chi connectivity index (χ0) is 38.4. The van der Waals surface area contributed by atoms with Crippen LogP contribution in [-0.2, 0) is 28.9 Å². The van der Waals surface area contributed by atoms with Crippen LogP contribution < -0.4 is 9.80 Å². The Morgan fingerprint density at radius 3 is 1.17 bits per heavy atom. The number of hydroxylamine groups is 4. The average Bonchev–Trinajstić information content (AvgIpc) is 3.66. The number of hydrogen-bond donors (Lipinski definition) is 0. The summed E-state index contributed by atoms with van der Waals surface area (Å²) in [6.45, 7) is 9.42. The van der Waals surface area contributed by atoms with Crippen LogP contribution in [0.1, 0.15) is 46.4 Å². The van der Waals surface area contributed by atoms with Gasteiger partial charge in [-0.3, -0.25) is 19.2 Å². The number of thioether (sulfide) groups is 2. The van der Waals surface area contributed by atoms with Crippen molar-refractivity contribution in [2.75, 3.05) is 101 Å². The summed E-state index contributed by atoms with van der Waals surface area (Å²) in [6, 6.07) is 0. The minimum atomic E-state index is -0.959. The molecule has 0 aromatic carbocycles. The Kier molecular flexibility index (Phi) is 10.9. The van der Waals surface area contributed by atoms with Crippen molar-refractivity contribution in [2.45, 2.75) is 36.0 Å². The van der Waals surface area contributed by atoms with Gasteiger partial charge in [-0.1, -0.05) is 46.7 Å². The molecule has 4 amide bonds. The van der Waals surface area contributed by atoms with Crippen molar-refractivity contribution >= 4 is 93.9 Å². The first-order valence-electron chi connectivity index (χ1n) is 17.4. The molecule has 0 atom stereocenters. The van der Waals surface area contributed by atoms with Gasteiger partial charge in [0.15, 0.2) is 20.6 Å². The van der Waals surface area contributed by atoms with Gasteiger partial charge in [-0.05, 0) is 12.5 Å². The summed E-state index contributed by atoms with van der Waals surface area (Å²) in [4.78, 5) is 107. The molecule has 2 spiro atoms. The molecule has 2 aromatic heterocycles. The maximum absolute atomic E-state index is 13.3. The topological polar surface area (TPSA) is 185 Å². The normalized spacial score (nSPS) is 21.1. The van der Waals surface area contributed by atoms with E-state index in [2.05, 4.69) is 19.9 Å². The van der Waals surface area contributed by atoms with Gasteiger partial charge >= 0.3 is 11.9 Å². The Morgan fingerprint density at radius 1 is 0.556 bits per heavy atom. The van der Waals surface area contributed by atoms with Gasteiger partial charge in [0.1, 0.15) is 48.9 Å². The van der Waals surface area contributed by atoms with Crippen LogP contribution in [0.2, 0.25) is 10.3 Å². The molecule has 0 radical (unpaired) electrons. The number of carbonyl (C=O) groups is 6. The van der Waals surface area contributed by atoms with Gasteiger partial charge in [0.25, 0.3) is 23.6 Å². The third-order valence-electron chi connectivity index (χ3n) is 10.9. The van der Waals surface area contributed by atoms with Gasteiger partial charge in [0.05, 0.1) is 52.4 Å². The van der Waals surface area contributed by atoms with E-state index in [0.29, 0.717) is 58.3 Å². The predicted octanol–water partition coefficient (Wildman–Crippen LogP) is 1.45. The third kappa shape index (κ3) is 7.43. The number of quaternary nitrogens is 2. The van der Waals surface area contributed by atoms with Crippen molar-refractivity contribution < 1.29 is 47.4 Å². The molecule has 288 valence electrons. The van der Waals surface area contributed by atoms with Gasteiger partial charge in [-0.15, -0.1) is 10.1 Å². The molecule has 0 aliphatic carbocycles. The van der Waals surface area contributed by atoms with E-state index in [9.17, 15) is 28.8 Å². The quantitative estimate of drug-likeness (QED) is 0.122. The zero-order valence-electron chi connectivity index (χ0n) is 29.6. The lowest BCUT2D eigenvalue weighted by atomic mass is 10.1. The summed E-state index contributed by atoms with van der Waals surface area (Å²) in [6.07, 6.45) is 3.49. The van der Waals surface area contributed by atoms with E-state index >= 15 is 0 Å². The minimum Gasteiger partial charge on any atom is -0.344 e. The molecule has 0 N–H and O–H groups in total. The second-order valence-electron chi connectivity index (χ2n) is 13.8. The van der Waals surface area contributed by atoms with Crippen molar-refractivity contribution in [1.29, 1.82) is 0 Å². The number of anilines is 2. The molecule has 0 unspecified atom stereocenters. The van der Waals surface area contributed by atoms with E-state index < -0.39 is 35.6 Å². The molecule has 0 saturated carbocycles. The third-order valence-corrected chi connectivity index (χ3v) is 12.5. The number of amides is 4. The monoisotopic (exact) mass is 824 g/mol. The van der Waals surface area contributed by atoms with Crippen molar-refractivity contribution in [2.24, 2.45) is 0 Å². The van der Waals surface area contributed by atoms with Gasteiger partial charge in [-0.2, -0.15) is 0 Å². The molecule has 5 aliphatic rings. The van der Waals surface area contributed by atoms with Gasteiger partial charge < -0.3 is 28.4 Å². The molecule has 5 saturated heterocycles. The molecule has 5 fully saturated rings. The molecular weight excluding hydrogens is 787 g/mol. The lowest BCUT2D eigenvalue weighted by molar-refractivity contribution is -1.03. The van der Waals surface area contributed by atoms with Crippen LogP contribution in [0.15, 0.2) is 10.3 Å². The second kappa shape index (κ2) is 15.4. The first kappa shape index (κ1) is 38.5. The van der Waals surface area contributed by atoms with Crippen LogP contribution in [0, 0.1) is 0 Å². The lowest BCUT2D eigenvalue weighted by Crippen LogP contribution is -2.73. The molecular formula is C32H38Cl2N10O8S2+2. The average molecular weight is 826 g/mol. The number of imide groups is 2. The number of carbonyl (C=O) groups excluding carboxylic acids is 6. The smallest absolute Gasteiger partial charge is 0.344 e. The van der Waals surface area contributed by atoms with E-state index in [4.69, 9.17) is 32.9 Å². The van der Waals surface area contributed by atoms with Crippen LogP contribution in [0.3, 0.4) is 0 Å². The standard InChI is InChI=1S/C32H38Cl2N10O8S2/c1-53-31-35-25(33)23(29(49)51-41-19(45)3-4-20(41)46)27(37-31)39-7-11-43(12-8-39)15-17-44(18-16-43)13-9-40(10-14-44)28-24(26(34)36-32(38-28)54-2)30(50)52-42-21(47)5-6-22(42)48/h3-18H2,1-2H3/q+2. The number of piperazine rings is 3. The largest absolute Gasteiger partial charge is 0.370 e. The first-order chi connectivity index (χ1) is 25.8. The first-order valence-corrected chi connectivity index (χ1v) is 20.6. The molecule has 54 heavy (non-hydrogen) atoms. The highest BCUT2D eigenvalue weighted by atomic mass is 35.5. The molecule has 7 heterocycles. The van der Waals surface area contributed by atoms with Gasteiger partial charge in [0, 0.05) is 25.7 Å². The van der Waals surface area contributed by atoms with E-state index in [1.165, 1.54) is 23.5 Å². The van der Waals surface area contributed by atoms with Crippen molar-refractivity contribution in [1.82, 2.24) is 30.1 Å². The Balaban J connectivity index is 0.998. The number of rotatable bonds is 8. The fourth-order valence-electron chi connectivity index (χ4n) is 7.54. The summed E-state index contributed by atoms with van der Waals surface area (Å²) in [5.41, 5.74) is -0.166. The molecule has 22 heteroatoms. The van der Waals surface area contributed by atoms with Crippen LogP contribution >= 0.6 is 46.7 Å². The number of hydrogen-bond acceptors (Lipinski definition) is 16. The van der Waals surface area contributed by atoms with Crippen molar-refractivity contribution in [3.63, 3.8) is 0 Å². The summed E-state index contributed by atoms with van der Waals surface area (Å²) in [5, 5.41) is 1.53. The predicted molar refractivity (Wildman–Crippen MR) is 195 cm³/mol. The summed E-state index contributed by atoms with van der Waals surface area (Å²) in [5.74, 6) is -3.65. The van der Waals surface area contributed by atoms with Gasteiger partial charge in [0.2, 0.25) is 0 Å². The Labute approximate surface area is 328 Å². The van der Waals surface area contributed by atoms with Gasteiger partial charge in [-0.25, -0.2) is 29.5 Å². The summed E-state index contributed by atoms with van der Waals surface area (Å²) >= 11 is 15.6. The SMILES string of the molecule is CSc1nc(Cl)c(C(=O)ON2C(=O)CCC2=O)c(N2CC[N+]3(CC2)CC[N+]2(CCN(c4nc(SC)nc(Cl)c4C(=O)ON4C(=O)CCC4=O)CC2)CC3)n1. The number of halogens is 2. The minimum absolute atomic E-state index is 0.0285. The lowest BCUT2D eigenvalue weighted by Gasteiger charge is -2.54. The van der Waals surface area contributed by atoms with E-state index in [0.717, 1.165) is 61.3 Å². The fraction of sp³-hybridized carbons (Fsp3) is 0.562. The van der Waals surface area contributed by atoms with Crippen LogP contribution in [0.25, 0.3) is 0 Å². The summed E-state index contributed by atoms with van der Waals surface area (Å²) < 4.78 is 1.82. The maximum atomic E-state index is 13.3. The molecule has 5 aliphatic heterocycles. The Hall–Kier alpha value is -3.82. The molecule has 2 aromatic rings. The molecule has 0 bridgehead atoms. The van der Waals surface area contributed by atoms with Crippen LogP contribution in [0.4, 0.5) is 11.6 Å². The second-order valence-corrected chi connectivity index (χ2v) is 16.0. The molecule has 7 rings (SSSR count). The van der Waals surface area contributed by atoms with Crippen molar-refractivity contribution in [3.8, 4) is 0 Å². The van der Waals surface area contributed by atoms with E-state index in [1.807, 2.05) is 9.80 Å². The number of aromatic nitrogens is 4. The summed E-state index contributed by atoms with van der Waals surface area (Å²) in [7, 11) is 0. The van der Waals surface area contributed by atoms with Crippen LogP contribution in [-0.4, -0.2) is 166 Å².